The van der Waals surface area contributed by atoms with Crippen LogP contribution in [0.3, 0.4) is 0 Å². The van der Waals surface area contributed by atoms with Crippen molar-refractivity contribution in [2.45, 2.75) is 25.0 Å². The standard InChI is InChI=1S/C19H24N6O2/c1-15-10-27-13-19(12-26,24(15)9-16-5-3-2-4-6-16)11-21-17-7-20-8-18-22-14-23-25(17)18/h2-8,14-15,21,26H,9-13H2,1H3/t15-,19+/m1/s1. The lowest BCUT2D eigenvalue weighted by Gasteiger charge is -2.49. The van der Waals surface area contributed by atoms with Gasteiger partial charge in [0, 0.05) is 19.1 Å². The first-order chi connectivity index (χ1) is 13.2. The number of nitrogens with one attached hydrogen (secondary N) is 1. The third-order valence-corrected chi connectivity index (χ3v) is 5.15. The van der Waals surface area contributed by atoms with Gasteiger partial charge in [0.05, 0.1) is 37.8 Å². The van der Waals surface area contributed by atoms with Crippen molar-refractivity contribution >= 4 is 11.5 Å². The highest BCUT2D eigenvalue weighted by Gasteiger charge is 2.42. The van der Waals surface area contributed by atoms with Crippen LogP contribution in [0.4, 0.5) is 5.82 Å². The van der Waals surface area contributed by atoms with Crippen molar-refractivity contribution in [3.63, 3.8) is 0 Å². The Bertz CT molecular complexity index is 886. The van der Waals surface area contributed by atoms with E-state index in [1.165, 1.54) is 11.9 Å². The fourth-order valence-electron chi connectivity index (χ4n) is 3.64. The highest BCUT2D eigenvalue weighted by Crippen LogP contribution is 2.27. The average Bonchev–Trinajstić information content (AvgIpc) is 3.19. The number of rotatable bonds is 6. The molecular weight excluding hydrogens is 344 g/mol. The van der Waals surface area contributed by atoms with E-state index in [4.69, 9.17) is 4.74 Å². The smallest absolute Gasteiger partial charge is 0.175 e. The molecule has 2 aromatic heterocycles. The Morgan fingerprint density at radius 2 is 2.15 bits per heavy atom. The Kier molecular flexibility index (Phi) is 5.02. The largest absolute Gasteiger partial charge is 0.394 e. The highest BCUT2D eigenvalue weighted by atomic mass is 16.5. The average molecular weight is 368 g/mol. The topological polar surface area (TPSA) is 87.8 Å². The number of aliphatic hydroxyl groups excluding tert-OH is 1. The lowest BCUT2D eigenvalue weighted by molar-refractivity contribution is -0.117. The molecule has 0 amide bonds. The minimum absolute atomic E-state index is 0.0159. The minimum atomic E-state index is -0.545. The molecule has 1 fully saturated rings. The summed E-state index contributed by atoms with van der Waals surface area (Å²) in [6.45, 7) is 4.47. The number of nitrogens with zero attached hydrogens (tertiary/aromatic N) is 5. The van der Waals surface area contributed by atoms with E-state index in [1.807, 2.05) is 18.2 Å². The van der Waals surface area contributed by atoms with Gasteiger partial charge in [-0.2, -0.15) is 9.61 Å². The first-order valence-electron chi connectivity index (χ1n) is 9.09. The van der Waals surface area contributed by atoms with Crippen LogP contribution in [-0.4, -0.2) is 67.5 Å². The van der Waals surface area contributed by atoms with Crippen LogP contribution in [-0.2, 0) is 11.3 Å². The molecule has 0 saturated carbocycles. The molecular formula is C19H24N6O2. The van der Waals surface area contributed by atoms with Crippen molar-refractivity contribution in [3.05, 3.63) is 54.6 Å². The summed E-state index contributed by atoms with van der Waals surface area (Å²) in [5, 5.41) is 18.0. The zero-order chi connectivity index (χ0) is 18.7. The molecule has 0 radical (unpaired) electrons. The Labute approximate surface area is 157 Å². The fraction of sp³-hybridized carbons (Fsp3) is 0.421. The molecule has 3 aromatic rings. The molecule has 8 nitrogen and oxygen atoms in total. The van der Waals surface area contributed by atoms with Crippen molar-refractivity contribution in [2.24, 2.45) is 0 Å². The Hall–Kier alpha value is -2.55. The van der Waals surface area contributed by atoms with Gasteiger partial charge in [-0.15, -0.1) is 0 Å². The lowest BCUT2D eigenvalue weighted by atomic mass is 9.94. The number of benzene rings is 1. The minimum Gasteiger partial charge on any atom is -0.394 e. The summed E-state index contributed by atoms with van der Waals surface area (Å²) in [4.78, 5) is 10.7. The first-order valence-corrected chi connectivity index (χ1v) is 9.09. The summed E-state index contributed by atoms with van der Waals surface area (Å²) in [5.74, 6) is 0.732. The van der Waals surface area contributed by atoms with Gasteiger partial charge in [-0.25, -0.2) is 4.98 Å². The van der Waals surface area contributed by atoms with Crippen molar-refractivity contribution in [3.8, 4) is 0 Å². The summed E-state index contributed by atoms with van der Waals surface area (Å²) in [5.41, 5.74) is 1.34. The molecule has 1 aromatic carbocycles. The second-order valence-electron chi connectivity index (χ2n) is 7.04. The molecule has 27 heavy (non-hydrogen) atoms. The van der Waals surface area contributed by atoms with Crippen molar-refractivity contribution in [2.75, 3.05) is 31.7 Å². The van der Waals surface area contributed by atoms with Gasteiger partial charge in [-0.05, 0) is 12.5 Å². The van der Waals surface area contributed by atoms with E-state index in [0.29, 0.717) is 25.4 Å². The van der Waals surface area contributed by atoms with Gasteiger partial charge in [0.2, 0.25) is 0 Å². The Morgan fingerprint density at radius 1 is 1.30 bits per heavy atom. The van der Waals surface area contributed by atoms with Crippen LogP contribution < -0.4 is 5.32 Å². The van der Waals surface area contributed by atoms with E-state index < -0.39 is 5.54 Å². The molecule has 8 heteroatoms. The molecule has 4 rings (SSSR count). The molecule has 2 atom stereocenters. The van der Waals surface area contributed by atoms with Gasteiger partial charge in [-0.3, -0.25) is 9.88 Å². The molecule has 3 heterocycles. The van der Waals surface area contributed by atoms with Crippen LogP contribution in [0.15, 0.2) is 49.1 Å². The molecule has 0 spiro atoms. The monoisotopic (exact) mass is 368 g/mol. The zero-order valence-electron chi connectivity index (χ0n) is 15.3. The van der Waals surface area contributed by atoms with Gasteiger partial charge in [0.25, 0.3) is 0 Å². The number of aliphatic hydroxyl groups is 1. The maximum Gasteiger partial charge on any atom is 0.175 e. The van der Waals surface area contributed by atoms with Crippen LogP contribution in [0.2, 0.25) is 0 Å². The SMILES string of the molecule is C[C@@H]1COC[C@@](CO)(CNc2cncc3ncnn23)N1Cc1ccccc1. The van der Waals surface area contributed by atoms with E-state index in [-0.39, 0.29) is 12.6 Å². The van der Waals surface area contributed by atoms with Crippen LogP contribution >= 0.6 is 0 Å². The molecule has 0 aliphatic carbocycles. The summed E-state index contributed by atoms with van der Waals surface area (Å²) >= 11 is 0. The summed E-state index contributed by atoms with van der Waals surface area (Å²) in [7, 11) is 0. The molecule has 1 aliphatic heterocycles. The predicted molar refractivity (Wildman–Crippen MR) is 101 cm³/mol. The molecule has 2 N–H and O–H groups in total. The van der Waals surface area contributed by atoms with Crippen LogP contribution in [0.25, 0.3) is 5.65 Å². The Morgan fingerprint density at radius 3 is 2.96 bits per heavy atom. The van der Waals surface area contributed by atoms with E-state index in [1.54, 1.807) is 16.9 Å². The third kappa shape index (κ3) is 3.51. The van der Waals surface area contributed by atoms with Gasteiger partial charge in [0.1, 0.15) is 12.1 Å². The second kappa shape index (κ2) is 7.59. The molecule has 142 valence electrons. The Balaban J connectivity index is 1.58. The maximum atomic E-state index is 10.3. The number of hydrogen-bond donors (Lipinski definition) is 2. The second-order valence-corrected chi connectivity index (χ2v) is 7.04. The van der Waals surface area contributed by atoms with E-state index in [9.17, 15) is 5.11 Å². The van der Waals surface area contributed by atoms with E-state index in [0.717, 1.165) is 12.4 Å². The molecule has 0 bridgehead atoms. The van der Waals surface area contributed by atoms with Crippen LogP contribution in [0.5, 0.6) is 0 Å². The van der Waals surface area contributed by atoms with Gasteiger partial charge in [-0.1, -0.05) is 30.3 Å². The first kappa shape index (κ1) is 17.8. The van der Waals surface area contributed by atoms with E-state index >= 15 is 0 Å². The lowest BCUT2D eigenvalue weighted by Crippen LogP contribution is -2.65. The number of fused-ring (bicyclic) bond motifs is 1. The van der Waals surface area contributed by atoms with Gasteiger partial charge in [0.15, 0.2) is 5.65 Å². The highest BCUT2D eigenvalue weighted by molar-refractivity contribution is 5.44. The van der Waals surface area contributed by atoms with Crippen molar-refractivity contribution < 1.29 is 9.84 Å². The van der Waals surface area contributed by atoms with Crippen LogP contribution in [0, 0.1) is 0 Å². The summed E-state index contributed by atoms with van der Waals surface area (Å²) in [6, 6.07) is 10.5. The third-order valence-electron chi connectivity index (χ3n) is 5.15. The quantitative estimate of drug-likeness (QED) is 0.676. The van der Waals surface area contributed by atoms with Gasteiger partial charge >= 0.3 is 0 Å². The van der Waals surface area contributed by atoms with E-state index in [2.05, 4.69) is 44.3 Å². The molecule has 1 aliphatic rings. The number of aromatic nitrogens is 4. The summed E-state index contributed by atoms with van der Waals surface area (Å²) < 4.78 is 7.53. The normalized spacial score (nSPS) is 23.6. The number of morpholine rings is 1. The zero-order valence-corrected chi connectivity index (χ0v) is 15.3. The van der Waals surface area contributed by atoms with Crippen LogP contribution in [0.1, 0.15) is 12.5 Å². The predicted octanol–water partition coefficient (Wildman–Crippen LogP) is 1.19. The fourth-order valence-corrected chi connectivity index (χ4v) is 3.64. The number of anilines is 1. The number of hydrogen-bond acceptors (Lipinski definition) is 7. The number of ether oxygens (including phenoxy) is 1. The summed E-state index contributed by atoms with van der Waals surface area (Å²) in [6.07, 6.45) is 4.87. The van der Waals surface area contributed by atoms with Crippen molar-refractivity contribution in [1.82, 2.24) is 24.5 Å². The molecule has 1 saturated heterocycles. The van der Waals surface area contributed by atoms with Crippen molar-refractivity contribution in [1.29, 1.82) is 0 Å². The maximum absolute atomic E-state index is 10.3. The van der Waals surface area contributed by atoms with Gasteiger partial charge < -0.3 is 15.2 Å². The molecule has 0 unspecified atom stereocenters.